The van der Waals surface area contributed by atoms with Gasteiger partial charge in [0.2, 0.25) is 0 Å². The molecular weight excluding hydrogens is 605 g/mol. The van der Waals surface area contributed by atoms with E-state index in [1.807, 2.05) is 18.2 Å². The van der Waals surface area contributed by atoms with Gasteiger partial charge in [-0.15, -0.1) is 0 Å². The van der Waals surface area contributed by atoms with Crippen LogP contribution in [0.4, 0.5) is 0 Å². The Morgan fingerprint density at radius 2 is 0.620 bits per heavy atom. The van der Waals surface area contributed by atoms with Crippen molar-refractivity contribution < 1.29 is 0 Å². The van der Waals surface area contributed by atoms with Crippen molar-refractivity contribution in [3.8, 4) is 0 Å². The van der Waals surface area contributed by atoms with Gasteiger partial charge in [-0.1, -0.05) is 163 Å². The maximum absolute atomic E-state index is 2.26. The lowest BCUT2D eigenvalue weighted by molar-refractivity contribution is 1.01. The highest BCUT2D eigenvalue weighted by atomic mass is 14.9. The van der Waals surface area contributed by atoms with Gasteiger partial charge in [0.25, 0.3) is 0 Å². The highest BCUT2D eigenvalue weighted by Gasteiger charge is 2.06. The Kier molecular flexibility index (Phi) is 9.44. The summed E-state index contributed by atoms with van der Waals surface area (Å²) >= 11 is 0. The molecule has 0 bridgehead atoms. The number of benzene rings is 8. The average molecular weight is 647 g/mol. The average Bonchev–Trinajstić information content (AvgIpc) is 3.63. The minimum Gasteiger partial charge on any atom is -0.344 e. The van der Waals surface area contributed by atoms with Crippen LogP contribution in [0.1, 0.15) is 11.1 Å². The summed E-state index contributed by atoms with van der Waals surface area (Å²) in [5.74, 6) is 0. The summed E-state index contributed by atoms with van der Waals surface area (Å²) in [4.78, 5) is 0. The van der Waals surface area contributed by atoms with Crippen LogP contribution >= 0.6 is 0 Å². The predicted octanol–water partition coefficient (Wildman–Crippen LogP) is 13.0. The zero-order valence-corrected chi connectivity index (χ0v) is 29.2. The Bertz CT molecular complexity index is 2470. The molecule has 0 radical (unpaired) electrons. The molecule has 0 fully saturated rings. The maximum atomic E-state index is 2.26. The van der Waals surface area contributed by atoms with E-state index < -0.39 is 0 Å². The summed E-state index contributed by atoms with van der Waals surface area (Å²) in [6.07, 6.45) is 0. The van der Waals surface area contributed by atoms with Crippen LogP contribution in [0.5, 0.6) is 0 Å². The smallest absolute Gasteiger partial charge is 0.0488 e. The summed E-state index contributed by atoms with van der Waals surface area (Å²) in [7, 11) is 4.23. The Morgan fingerprint density at radius 3 is 1.02 bits per heavy atom. The van der Waals surface area contributed by atoms with Gasteiger partial charge in [0, 0.05) is 57.7 Å². The first kappa shape index (κ1) is 32.4. The van der Waals surface area contributed by atoms with Crippen molar-refractivity contribution in [2.24, 2.45) is 14.1 Å². The highest BCUT2D eigenvalue weighted by Crippen LogP contribution is 2.29. The molecule has 8 aromatic carbocycles. The van der Waals surface area contributed by atoms with Crippen LogP contribution < -0.4 is 0 Å². The van der Waals surface area contributed by atoms with Crippen molar-refractivity contribution in [3.63, 3.8) is 0 Å². The summed E-state index contributed by atoms with van der Waals surface area (Å²) in [5, 5.41) is 10.7. The van der Waals surface area contributed by atoms with E-state index >= 15 is 0 Å². The molecule has 0 N–H and O–H groups in total. The van der Waals surface area contributed by atoms with Gasteiger partial charge in [-0.3, -0.25) is 0 Å². The van der Waals surface area contributed by atoms with Crippen LogP contribution in [0.15, 0.2) is 182 Å². The number of fused-ring (bicyclic) bond motifs is 9. The van der Waals surface area contributed by atoms with Crippen LogP contribution in [-0.2, 0) is 14.1 Å². The molecule has 2 nitrogen and oxygen atoms in total. The first-order valence-electron chi connectivity index (χ1n) is 17.2. The summed E-state index contributed by atoms with van der Waals surface area (Å²) in [6.45, 7) is 4.26. The second kappa shape index (κ2) is 14.6. The van der Waals surface area contributed by atoms with E-state index in [0.29, 0.717) is 0 Å². The molecule has 0 saturated carbocycles. The fourth-order valence-corrected chi connectivity index (χ4v) is 7.01. The Labute approximate surface area is 294 Å². The standard InChI is InChI=1S/C15H12.2C13H11N.C7H8/c1-11-10-12-6-2-3-8-14(12)15-9-5-4-7-13(11)15;2*1-14-12-8-4-2-6-10(12)11-7-3-5-9-13(11)14;1-7-5-3-2-4-6-7/h2-10H,1H3;2*2-9H,1H3;2-6H,1H3. The minimum atomic E-state index is 1.30. The lowest BCUT2D eigenvalue weighted by Crippen LogP contribution is -1.84. The zero-order chi connectivity index (χ0) is 34.5. The van der Waals surface area contributed by atoms with Crippen LogP contribution in [0.25, 0.3) is 65.2 Å². The summed E-state index contributed by atoms with van der Waals surface area (Å²) in [6, 6.07) is 63.7. The van der Waals surface area contributed by atoms with E-state index in [2.05, 4.69) is 201 Å². The third-order valence-corrected chi connectivity index (χ3v) is 9.56. The van der Waals surface area contributed by atoms with E-state index in [-0.39, 0.29) is 0 Å². The summed E-state index contributed by atoms with van der Waals surface area (Å²) < 4.78 is 4.48. The van der Waals surface area contributed by atoms with Gasteiger partial charge in [0.1, 0.15) is 0 Å². The van der Waals surface area contributed by atoms with Gasteiger partial charge in [-0.05, 0) is 65.2 Å². The molecule has 50 heavy (non-hydrogen) atoms. The molecule has 10 rings (SSSR count). The van der Waals surface area contributed by atoms with Gasteiger partial charge in [-0.25, -0.2) is 0 Å². The zero-order valence-electron chi connectivity index (χ0n) is 29.2. The Hall–Kier alpha value is -6.12. The van der Waals surface area contributed by atoms with Gasteiger partial charge in [-0.2, -0.15) is 0 Å². The third kappa shape index (κ3) is 6.49. The molecule has 2 aromatic heterocycles. The third-order valence-electron chi connectivity index (χ3n) is 9.56. The SMILES string of the molecule is Cc1cc2ccccc2c2ccccc12.Cc1ccccc1.Cn1c2ccccc2c2ccccc21.Cn1c2ccccc2c2ccccc21. The molecule has 244 valence electrons. The van der Waals surface area contributed by atoms with Gasteiger partial charge < -0.3 is 9.13 Å². The monoisotopic (exact) mass is 646 g/mol. The predicted molar refractivity (Wildman–Crippen MR) is 218 cm³/mol. The quantitative estimate of drug-likeness (QED) is 0.145. The molecule has 2 heterocycles. The van der Waals surface area contributed by atoms with Crippen LogP contribution in [0, 0.1) is 13.8 Å². The molecule has 2 heteroatoms. The molecule has 0 atom stereocenters. The first-order chi connectivity index (χ1) is 24.5. The fraction of sp³-hybridized carbons (Fsp3) is 0.0833. The molecule has 0 aliphatic heterocycles. The fourth-order valence-electron chi connectivity index (χ4n) is 7.01. The molecule has 10 aromatic rings. The van der Waals surface area contributed by atoms with E-state index in [9.17, 15) is 0 Å². The van der Waals surface area contributed by atoms with Crippen molar-refractivity contribution in [3.05, 3.63) is 193 Å². The number of hydrogen-bond donors (Lipinski definition) is 0. The van der Waals surface area contributed by atoms with E-state index in [1.54, 1.807) is 0 Å². The molecule has 0 unspecified atom stereocenters. The van der Waals surface area contributed by atoms with Gasteiger partial charge in [0.05, 0.1) is 0 Å². The van der Waals surface area contributed by atoms with Crippen molar-refractivity contribution in [2.45, 2.75) is 13.8 Å². The lowest BCUT2D eigenvalue weighted by atomic mass is 9.98. The van der Waals surface area contributed by atoms with E-state index in [1.165, 1.54) is 76.3 Å². The number of rotatable bonds is 0. The van der Waals surface area contributed by atoms with Crippen molar-refractivity contribution in [1.29, 1.82) is 0 Å². The van der Waals surface area contributed by atoms with E-state index in [4.69, 9.17) is 0 Å². The van der Waals surface area contributed by atoms with Gasteiger partial charge >= 0.3 is 0 Å². The number of aryl methyl sites for hydroxylation is 4. The molecule has 0 aliphatic rings. The molecular formula is C48H42N2. The first-order valence-corrected chi connectivity index (χ1v) is 17.2. The van der Waals surface area contributed by atoms with Crippen molar-refractivity contribution in [1.82, 2.24) is 9.13 Å². The second-order valence-electron chi connectivity index (χ2n) is 12.8. The topological polar surface area (TPSA) is 9.86 Å². The second-order valence-corrected chi connectivity index (χ2v) is 12.8. The van der Waals surface area contributed by atoms with Crippen LogP contribution in [-0.4, -0.2) is 9.13 Å². The number of para-hydroxylation sites is 4. The maximum Gasteiger partial charge on any atom is 0.0488 e. The van der Waals surface area contributed by atoms with E-state index in [0.717, 1.165) is 0 Å². The Balaban J connectivity index is 0.000000108. The number of aromatic nitrogens is 2. The molecule has 0 amide bonds. The summed E-state index contributed by atoms with van der Waals surface area (Å²) in [5.41, 5.74) is 7.87. The van der Waals surface area contributed by atoms with Crippen molar-refractivity contribution >= 4 is 65.2 Å². The molecule has 0 saturated heterocycles. The molecule has 0 aliphatic carbocycles. The minimum absolute atomic E-state index is 1.30. The van der Waals surface area contributed by atoms with Crippen molar-refractivity contribution in [2.75, 3.05) is 0 Å². The number of hydrogen-bond acceptors (Lipinski definition) is 0. The largest absolute Gasteiger partial charge is 0.344 e. The normalized spacial score (nSPS) is 10.8. The number of nitrogens with zero attached hydrogens (tertiary/aromatic N) is 2. The van der Waals surface area contributed by atoms with Gasteiger partial charge in [0.15, 0.2) is 0 Å². The lowest BCUT2D eigenvalue weighted by Gasteiger charge is -2.06. The van der Waals surface area contributed by atoms with Crippen LogP contribution in [0.3, 0.4) is 0 Å². The Morgan fingerprint density at radius 1 is 0.300 bits per heavy atom. The van der Waals surface area contributed by atoms with Crippen LogP contribution in [0.2, 0.25) is 0 Å². The molecule has 0 spiro atoms. The highest BCUT2D eigenvalue weighted by molar-refractivity contribution is 6.10.